The van der Waals surface area contributed by atoms with Gasteiger partial charge in [0.05, 0.1) is 5.69 Å². The molecule has 2 N–H and O–H groups in total. The van der Waals surface area contributed by atoms with Crippen molar-refractivity contribution in [1.82, 2.24) is 15.5 Å². The van der Waals surface area contributed by atoms with E-state index in [0.717, 1.165) is 0 Å². The Labute approximate surface area is 122 Å². The quantitative estimate of drug-likeness (QED) is 0.831. The van der Waals surface area contributed by atoms with E-state index >= 15 is 0 Å². The number of aryl methyl sites for hydroxylation is 1. The summed E-state index contributed by atoms with van der Waals surface area (Å²) in [5.41, 5.74) is -0.0300. The van der Waals surface area contributed by atoms with Crippen LogP contribution < -0.4 is 5.32 Å². The van der Waals surface area contributed by atoms with Crippen molar-refractivity contribution < 1.29 is 13.2 Å². The molecule has 1 aromatic heterocycles. The zero-order valence-corrected chi connectivity index (χ0v) is 13.6. The molecule has 1 fully saturated rings. The van der Waals surface area contributed by atoms with Crippen molar-refractivity contribution in [3.63, 3.8) is 0 Å². The molecule has 0 bridgehead atoms. The number of aromatic amines is 1. The molecule has 1 aromatic rings. The van der Waals surface area contributed by atoms with E-state index in [4.69, 9.17) is 10.7 Å². The summed E-state index contributed by atoms with van der Waals surface area (Å²) in [5.74, 6) is -0.530. The maximum absolute atomic E-state index is 12.2. The van der Waals surface area contributed by atoms with Gasteiger partial charge in [0.2, 0.25) is 0 Å². The minimum Gasteiger partial charge on any atom is -0.347 e. The molecule has 20 heavy (non-hydrogen) atoms. The first-order valence-corrected chi connectivity index (χ1v) is 8.52. The highest BCUT2D eigenvalue weighted by molar-refractivity contribution is 8.13. The highest BCUT2D eigenvalue weighted by Gasteiger charge is 2.65. The second-order valence-corrected chi connectivity index (χ2v) is 8.82. The molecule has 1 aliphatic rings. The van der Waals surface area contributed by atoms with Crippen LogP contribution >= 0.6 is 10.7 Å². The van der Waals surface area contributed by atoms with Crippen molar-refractivity contribution in [3.8, 4) is 0 Å². The molecule has 1 amide bonds. The Bertz CT molecular complexity index is 662. The van der Waals surface area contributed by atoms with Gasteiger partial charge in [-0.15, -0.1) is 0 Å². The summed E-state index contributed by atoms with van der Waals surface area (Å²) in [7, 11) is 1.33. The second-order valence-electron chi connectivity index (χ2n) is 6.31. The SMILES string of the molecule is Cc1[nH]nc(C(=O)NC2C(C)(C)C2(C)C)c1S(=O)(=O)Cl. The lowest BCUT2D eigenvalue weighted by molar-refractivity contribution is 0.0935. The first-order valence-electron chi connectivity index (χ1n) is 6.21. The molecule has 6 nitrogen and oxygen atoms in total. The van der Waals surface area contributed by atoms with Crippen LogP contribution in [0.2, 0.25) is 0 Å². The first kappa shape index (κ1) is 15.3. The maximum atomic E-state index is 12.2. The summed E-state index contributed by atoms with van der Waals surface area (Å²) < 4.78 is 23.0. The lowest BCUT2D eigenvalue weighted by atomic mass is 10.0. The van der Waals surface area contributed by atoms with Gasteiger partial charge in [0.15, 0.2) is 5.69 Å². The van der Waals surface area contributed by atoms with Crippen molar-refractivity contribution >= 4 is 25.6 Å². The Hall–Kier alpha value is -1.08. The molecule has 0 atom stereocenters. The van der Waals surface area contributed by atoms with Gasteiger partial charge in [-0.3, -0.25) is 9.89 Å². The molecule has 1 saturated carbocycles. The number of rotatable bonds is 3. The number of H-pyrrole nitrogens is 1. The van der Waals surface area contributed by atoms with E-state index in [0.29, 0.717) is 0 Å². The minimum absolute atomic E-state index is 0.0367. The summed E-state index contributed by atoms with van der Waals surface area (Å²) in [5, 5.41) is 9.08. The highest BCUT2D eigenvalue weighted by Crippen LogP contribution is 2.62. The molecule has 0 radical (unpaired) electrons. The van der Waals surface area contributed by atoms with E-state index in [1.807, 2.05) is 27.7 Å². The number of nitrogens with zero attached hydrogens (tertiary/aromatic N) is 1. The third kappa shape index (κ3) is 2.13. The zero-order chi connectivity index (χ0) is 15.5. The molecule has 0 saturated heterocycles. The van der Waals surface area contributed by atoms with Crippen molar-refractivity contribution in [2.75, 3.05) is 0 Å². The molecule has 0 spiro atoms. The Morgan fingerprint density at radius 1 is 1.30 bits per heavy atom. The Morgan fingerprint density at radius 2 is 1.80 bits per heavy atom. The summed E-state index contributed by atoms with van der Waals surface area (Å²) >= 11 is 0. The van der Waals surface area contributed by atoms with Crippen molar-refractivity contribution in [2.45, 2.75) is 45.6 Å². The minimum atomic E-state index is -4.02. The van der Waals surface area contributed by atoms with Crippen LogP contribution in [-0.2, 0) is 9.05 Å². The largest absolute Gasteiger partial charge is 0.347 e. The Morgan fingerprint density at radius 3 is 2.20 bits per heavy atom. The van der Waals surface area contributed by atoms with Crippen molar-refractivity contribution in [3.05, 3.63) is 11.4 Å². The second kappa shape index (κ2) is 4.21. The number of halogens is 1. The smallest absolute Gasteiger partial charge is 0.273 e. The third-order valence-electron chi connectivity index (χ3n) is 4.65. The van der Waals surface area contributed by atoms with Gasteiger partial charge < -0.3 is 5.32 Å². The molecule has 2 rings (SSSR count). The summed E-state index contributed by atoms with van der Waals surface area (Å²) in [6, 6.07) is -0.0367. The molecule has 112 valence electrons. The fourth-order valence-corrected chi connectivity index (χ4v) is 3.97. The van der Waals surface area contributed by atoms with Crippen LogP contribution in [0.15, 0.2) is 4.90 Å². The first-order chi connectivity index (χ1) is 8.90. The molecule has 1 heterocycles. The predicted octanol–water partition coefficient (Wildman–Crippen LogP) is 1.81. The van der Waals surface area contributed by atoms with Crippen LogP contribution in [-0.4, -0.2) is 30.6 Å². The monoisotopic (exact) mass is 319 g/mol. The van der Waals surface area contributed by atoms with Gasteiger partial charge >= 0.3 is 0 Å². The summed E-state index contributed by atoms with van der Waals surface area (Å²) in [6.07, 6.45) is 0. The summed E-state index contributed by atoms with van der Waals surface area (Å²) in [6.45, 7) is 9.70. The molecule has 1 aliphatic carbocycles. The zero-order valence-electron chi connectivity index (χ0n) is 12.0. The molecule has 0 aliphatic heterocycles. The molecule has 0 unspecified atom stereocenters. The van der Waals surface area contributed by atoms with Crippen LogP contribution in [0.3, 0.4) is 0 Å². The number of carbonyl (C=O) groups excluding carboxylic acids is 1. The number of nitrogens with one attached hydrogen (secondary N) is 2. The lowest BCUT2D eigenvalue weighted by Crippen LogP contribution is -2.31. The van der Waals surface area contributed by atoms with Crippen molar-refractivity contribution in [1.29, 1.82) is 0 Å². The standard InChI is InChI=1S/C12H18ClN3O3S/c1-6-8(20(13,18)19)7(16-15-6)9(17)14-10-11(2,3)12(10,4)5/h10H,1-5H3,(H,14,17)(H,15,16). The van der Waals surface area contributed by atoms with Crippen molar-refractivity contribution in [2.24, 2.45) is 10.8 Å². The summed E-state index contributed by atoms with van der Waals surface area (Å²) in [4.78, 5) is 12.0. The predicted molar refractivity (Wildman–Crippen MR) is 75.2 cm³/mol. The Kier molecular flexibility index (Phi) is 3.22. The van der Waals surface area contributed by atoms with E-state index in [1.54, 1.807) is 0 Å². The van der Waals surface area contributed by atoms with E-state index in [9.17, 15) is 13.2 Å². The van der Waals surface area contributed by atoms with E-state index in [1.165, 1.54) is 6.92 Å². The highest BCUT2D eigenvalue weighted by atomic mass is 35.7. The van der Waals surface area contributed by atoms with Crippen LogP contribution in [0.5, 0.6) is 0 Å². The number of aromatic nitrogens is 2. The molecule has 0 aromatic carbocycles. The fourth-order valence-electron chi connectivity index (χ4n) is 2.63. The van der Waals surface area contributed by atoms with E-state index < -0.39 is 15.0 Å². The van der Waals surface area contributed by atoms with Crippen LogP contribution in [0.4, 0.5) is 0 Å². The van der Waals surface area contributed by atoms with Gasteiger partial charge in [0, 0.05) is 16.7 Å². The fraction of sp³-hybridized carbons (Fsp3) is 0.667. The van der Waals surface area contributed by atoms with E-state index in [2.05, 4.69) is 15.5 Å². The average molecular weight is 320 g/mol. The topological polar surface area (TPSA) is 91.9 Å². The number of hydrogen-bond donors (Lipinski definition) is 2. The molecule has 8 heteroatoms. The van der Waals surface area contributed by atoms with E-state index in [-0.39, 0.29) is 33.2 Å². The maximum Gasteiger partial charge on any atom is 0.273 e. The van der Waals surface area contributed by atoms with Crippen LogP contribution in [0.25, 0.3) is 0 Å². The van der Waals surface area contributed by atoms with Gasteiger partial charge in [-0.2, -0.15) is 5.10 Å². The number of carbonyl (C=O) groups is 1. The van der Waals surface area contributed by atoms with Crippen LogP contribution in [0.1, 0.15) is 43.9 Å². The van der Waals surface area contributed by atoms with Gasteiger partial charge in [0.1, 0.15) is 4.90 Å². The molecular weight excluding hydrogens is 302 g/mol. The number of amides is 1. The Balaban J connectivity index is 2.30. The van der Waals surface area contributed by atoms with Gasteiger partial charge in [0.25, 0.3) is 15.0 Å². The van der Waals surface area contributed by atoms with Gasteiger partial charge in [-0.1, -0.05) is 27.7 Å². The normalized spacial score (nSPS) is 20.7. The third-order valence-corrected chi connectivity index (χ3v) is 6.10. The number of hydrogen-bond acceptors (Lipinski definition) is 4. The van der Waals surface area contributed by atoms with Crippen LogP contribution in [0, 0.1) is 17.8 Å². The van der Waals surface area contributed by atoms with Gasteiger partial charge in [-0.25, -0.2) is 8.42 Å². The average Bonchev–Trinajstić information content (AvgIpc) is 2.64. The lowest BCUT2D eigenvalue weighted by Gasteiger charge is -2.05. The van der Waals surface area contributed by atoms with Gasteiger partial charge in [-0.05, 0) is 17.8 Å². The molecular formula is C12H18ClN3O3S.